The monoisotopic (exact) mass is 374 g/mol. The van der Waals surface area contributed by atoms with Crippen LogP contribution in [-0.2, 0) is 0 Å². The third-order valence-electron chi connectivity index (χ3n) is 4.77. The van der Waals surface area contributed by atoms with Gasteiger partial charge in [0.25, 0.3) is 0 Å². The highest BCUT2D eigenvalue weighted by Crippen LogP contribution is 2.40. The maximum Gasteiger partial charge on any atom is 0.119 e. The van der Waals surface area contributed by atoms with Crippen molar-refractivity contribution in [2.75, 3.05) is 27.2 Å². The summed E-state index contributed by atoms with van der Waals surface area (Å²) < 4.78 is 5.84. The number of nitrogens with zero attached hydrogens (tertiary/aromatic N) is 1. The van der Waals surface area contributed by atoms with Crippen LogP contribution in [0, 0.1) is 31.6 Å². The van der Waals surface area contributed by atoms with Crippen LogP contribution in [0.3, 0.4) is 0 Å². The molecule has 3 heteroatoms. The molecule has 2 aromatic rings. The van der Waals surface area contributed by atoms with Crippen molar-refractivity contribution in [1.82, 2.24) is 4.90 Å². The summed E-state index contributed by atoms with van der Waals surface area (Å²) in [4.78, 5) is 2.10. The largest absolute Gasteiger partial charge is 0.508 e. The van der Waals surface area contributed by atoms with Crippen LogP contribution in [0.2, 0.25) is 0 Å². The molecule has 0 spiro atoms. The highest BCUT2D eigenvalue weighted by Gasteiger charge is 2.24. The zero-order valence-corrected chi connectivity index (χ0v) is 16.9. The molecule has 1 fully saturated rings. The maximum absolute atomic E-state index is 9.71. The van der Waals surface area contributed by atoms with Crippen molar-refractivity contribution in [3.8, 4) is 11.5 Å². The summed E-state index contributed by atoms with van der Waals surface area (Å²) in [6.07, 6.45) is 9.36. The number of allylic oxidation sites excluding steroid dienone is 1. The number of ether oxygens (including phenoxy) is 1. The molecule has 0 aromatic heterocycles. The molecule has 1 aliphatic rings. The minimum absolute atomic E-state index is 0.277. The van der Waals surface area contributed by atoms with Gasteiger partial charge in [-0.3, -0.25) is 0 Å². The van der Waals surface area contributed by atoms with Gasteiger partial charge < -0.3 is 14.7 Å². The number of rotatable bonds is 8. The van der Waals surface area contributed by atoms with Crippen LogP contribution in [0.5, 0.6) is 11.5 Å². The molecule has 0 aliphatic heterocycles. The lowest BCUT2D eigenvalue weighted by molar-refractivity contribution is 0.261. The van der Waals surface area contributed by atoms with Gasteiger partial charge in [-0.25, -0.2) is 0 Å². The highest BCUT2D eigenvalue weighted by molar-refractivity contribution is 5.85. The molecule has 28 heavy (non-hydrogen) atoms. The fourth-order valence-electron chi connectivity index (χ4n) is 3.31. The van der Waals surface area contributed by atoms with Crippen molar-refractivity contribution in [3.63, 3.8) is 0 Å². The normalized spacial score (nSPS) is 15.7. The number of hydrogen-bond acceptors (Lipinski definition) is 3. The zero-order valence-electron chi connectivity index (χ0n) is 16.9. The van der Waals surface area contributed by atoms with Gasteiger partial charge in [0, 0.05) is 12.5 Å². The summed E-state index contributed by atoms with van der Waals surface area (Å²) >= 11 is 0. The van der Waals surface area contributed by atoms with Crippen molar-refractivity contribution in [2.24, 2.45) is 0 Å². The molecule has 145 valence electrons. The molecule has 0 atom stereocenters. The standard InChI is InChI=1S/C25H28NO2/c1-4-24(19-7-5-6-8-19)25(20-9-13-22(27)14-10-20)21-11-15-23(16-12-21)28-18-17-26(2)3/h5-16,27H,4,17-18H2,1-3H3/b25-24-. The van der Waals surface area contributed by atoms with Gasteiger partial charge in [-0.1, -0.05) is 36.8 Å². The first-order valence-corrected chi connectivity index (χ1v) is 9.71. The maximum atomic E-state index is 9.71. The summed E-state index contributed by atoms with van der Waals surface area (Å²) in [6.45, 7) is 3.74. The molecule has 1 aliphatic carbocycles. The first-order chi connectivity index (χ1) is 13.6. The predicted molar refractivity (Wildman–Crippen MR) is 115 cm³/mol. The number of phenolic OH excluding ortho intramolecular Hbond substituents is 1. The fourth-order valence-corrected chi connectivity index (χ4v) is 3.31. The predicted octanol–water partition coefficient (Wildman–Crippen LogP) is 4.95. The summed E-state index contributed by atoms with van der Waals surface area (Å²) in [5, 5.41) is 9.71. The van der Waals surface area contributed by atoms with Crippen LogP contribution >= 0.6 is 0 Å². The number of aromatic hydroxyl groups is 1. The number of likely N-dealkylation sites (N-methyl/N-ethyl adjacent to an activating group) is 1. The Morgan fingerprint density at radius 2 is 1.46 bits per heavy atom. The molecular weight excluding hydrogens is 346 g/mol. The molecule has 1 N–H and O–H groups in total. The second-order valence-corrected chi connectivity index (χ2v) is 7.10. The second kappa shape index (κ2) is 9.79. The number of phenols is 1. The zero-order chi connectivity index (χ0) is 19.9. The highest BCUT2D eigenvalue weighted by atomic mass is 16.5. The third kappa shape index (κ3) is 5.17. The Bertz CT molecular complexity index is 769. The van der Waals surface area contributed by atoms with Crippen LogP contribution < -0.4 is 4.74 Å². The van der Waals surface area contributed by atoms with E-state index in [0.717, 1.165) is 29.8 Å². The Labute approximate surface area is 169 Å². The second-order valence-electron chi connectivity index (χ2n) is 7.10. The number of benzene rings is 2. The van der Waals surface area contributed by atoms with Gasteiger partial charge in [-0.15, -0.1) is 0 Å². The number of hydrogen-bond donors (Lipinski definition) is 1. The molecular formula is C25H28NO2. The van der Waals surface area contributed by atoms with E-state index in [2.05, 4.69) is 49.6 Å². The Morgan fingerprint density at radius 1 is 0.893 bits per heavy atom. The Morgan fingerprint density at radius 3 is 2.00 bits per heavy atom. The van der Waals surface area contributed by atoms with E-state index in [0.29, 0.717) is 6.61 Å². The van der Waals surface area contributed by atoms with Crippen LogP contribution in [0.15, 0.2) is 54.1 Å². The molecule has 0 bridgehead atoms. The van der Waals surface area contributed by atoms with Crippen LogP contribution in [0.1, 0.15) is 24.5 Å². The summed E-state index contributed by atoms with van der Waals surface area (Å²) in [6, 6.07) is 15.7. The lowest BCUT2D eigenvalue weighted by atomic mass is 9.84. The van der Waals surface area contributed by atoms with Crippen molar-refractivity contribution < 1.29 is 9.84 Å². The van der Waals surface area contributed by atoms with Gasteiger partial charge in [0.05, 0.1) is 0 Å². The fraction of sp³-hybridized carbons (Fsp3) is 0.240. The van der Waals surface area contributed by atoms with Crippen molar-refractivity contribution in [3.05, 3.63) is 96.8 Å². The van der Waals surface area contributed by atoms with E-state index in [1.54, 1.807) is 12.1 Å². The van der Waals surface area contributed by atoms with E-state index in [9.17, 15) is 5.11 Å². The van der Waals surface area contributed by atoms with Gasteiger partial charge >= 0.3 is 0 Å². The summed E-state index contributed by atoms with van der Waals surface area (Å²) in [5.74, 6) is 2.39. The lowest BCUT2D eigenvalue weighted by Crippen LogP contribution is -2.19. The summed E-state index contributed by atoms with van der Waals surface area (Å²) in [7, 11) is 4.08. The van der Waals surface area contributed by atoms with E-state index in [-0.39, 0.29) is 5.75 Å². The first kappa shape index (κ1) is 20.5. The van der Waals surface area contributed by atoms with Gasteiger partial charge in [0.1, 0.15) is 18.1 Å². The minimum atomic E-state index is 0.277. The molecule has 3 nitrogen and oxygen atoms in total. The SMILES string of the molecule is CC/C([C]1[CH][CH][CH][CH]1)=C(\c1ccc(O)cc1)c1ccc(OCCN(C)C)cc1. The Hall–Kier alpha value is -2.26. The quantitative estimate of drug-likeness (QED) is 0.710. The molecule has 0 heterocycles. The first-order valence-electron chi connectivity index (χ1n) is 9.71. The van der Waals surface area contributed by atoms with Crippen LogP contribution in [-0.4, -0.2) is 37.3 Å². The van der Waals surface area contributed by atoms with Gasteiger partial charge in [-0.2, -0.15) is 0 Å². The lowest BCUT2D eigenvalue weighted by Gasteiger charge is -2.20. The average molecular weight is 375 g/mol. The van der Waals surface area contributed by atoms with E-state index < -0.39 is 0 Å². The molecule has 1 saturated carbocycles. The van der Waals surface area contributed by atoms with Crippen molar-refractivity contribution in [2.45, 2.75) is 13.3 Å². The van der Waals surface area contributed by atoms with Gasteiger partial charge in [-0.05, 0) is 87.2 Å². The molecule has 5 radical (unpaired) electrons. The van der Waals surface area contributed by atoms with Crippen LogP contribution in [0.25, 0.3) is 5.57 Å². The van der Waals surface area contributed by atoms with E-state index in [1.165, 1.54) is 17.1 Å². The molecule has 0 amide bonds. The van der Waals surface area contributed by atoms with E-state index >= 15 is 0 Å². The Kier molecular flexibility index (Phi) is 7.16. The summed E-state index contributed by atoms with van der Waals surface area (Å²) in [5.41, 5.74) is 4.71. The smallest absolute Gasteiger partial charge is 0.119 e. The van der Waals surface area contributed by atoms with Crippen molar-refractivity contribution in [1.29, 1.82) is 0 Å². The van der Waals surface area contributed by atoms with E-state index in [4.69, 9.17) is 4.74 Å². The molecule has 0 saturated heterocycles. The van der Waals surface area contributed by atoms with Crippen molar-refractivity contribution >= 4 is 5.57 Å². The Balaban J connectivity index is 1.93. The minimum Gasteiger partial charge on any atom is -0.508 e. The van der Waals surface area contributed by atoms with Gasteiger partial charge in [0.15, 0.2) is 0 Å². The molecule has 2 aromatic carbocycles. The molecule has 0 unspecified atom stereocenters. The van der Waals surface area contributed by atoms with Crippen LogP contribution in [0.4, 0.5) is 0 Å². The van der Waals surface area contributed by atoms with E-state index in [1.807, 2.05) is 38.4 Å². The van der Waals surface area contributed by atoms with Gasteiger partial charge in [0.2, 0.25) is 0 Å². The topological polar surface area (TPSA) is 32.7 Å². The third-order valence-corrected chi connectivity index (χ3v) is 4.77. The average Bonchev–Trinajstić information content (AvgIpc) is 3.22. The molecule has 3 rings (SSSR count).